The predicted octanol–water partition coefficient (Wildman–Crippen LogP) is 3.44. The molecule has 122 valence electrons. The molecule has 1 aliphatic rings. The minimum Gasteiger partial charge on any atom is -0.489 e. The van der Waals surface area contributed by atoms with Crippen molar-refractivity contribution in [3.63, 3.8) is 0 Å². The van der Waals surface area contributed by atoms with Gasteiger partial charge < -0.3 is 14.0 Å². The van der Waals surface area contributed by atoms with E-state index in [4.69, 9.17) is 9.47 Å². The molecule has 1 saturated heterocycles. The molecular formula is C18H21NO3S. The van der Waals surface area contributed by atoms with Crippen LogP contribution in [0.15, 0.2) is 52.3 Å². The van der Waals surface area contributed by atoms with Gasteiger partial charge >= 0.3 is 0 Å². The molecule has 1 fully saturated rings. The third-order valence-corrected chi connectivity index (χ3v) is 4.93. The first-order valence-corrected chi connectivity index (χ1v) is 8.65. The molecule has 0 aliphatic carbocycles. The van der Waals surface area contributed by atoms with Crippen LogP contribution in [0.4, 0.5) is 0 Å². The zero-order valence-electron chi connectivity index (χ0n) is 13.4. The molecule has 1 unspecified atom stereocenters. The van der Waals surface area contributed by atoms with Crippen molar-refractivity contribution in [2.75, 3.05) is 6.61 Å². The standard InChI is InChI=1S/C18H21NO3S/c1-13-8-18(22-11-13)23-16-5-3-4-15(10-16)21-12-14-6-7-19(2)17(20)9-14/h3-7,9-10,13,18H,8,11-12H2,1-2H3/t13-,18?/m1/s1. The Labute approximate surface area is 140 Å². The van der Waals surface area contributed by atoms with Crippen molar-refractivity contribution in [3.05, 3.63) is 58.5 Å². The minimum absolute atomic E-state index is 0.0251. The van der Waals surface area contributed by atoms with Crippen LogP contribution in [-0.2, 0) is 18.4 Å². The number of pyridine rings is 1. The maximum atomic E-state index is 11.6. The molecule has 0 radical (unpaired) electrons. The summed E-state index contributed by atoms with van der Waals surface area (Å²) >= 11 is 1.74. The number of aromatic nitrogens is 1. The van der Waals surface area contributed by atoms with Gasteiger partial charge in [0.15, 0.2) is 0 Å². The Morgan fingerprint density at radius 3 is 2.96 bits per heavy atom. The van der Waals surface area contributed by atoms with Gasteiger partial charge in [-0.1, -0.05) is 24.8 Å². The van der Waals surface area contributed by atoms with Gasteiger partial charge in [0.2, 0.25) is 0 Å². The summed E-state index contributed by atoms with van der Waals surface area (Å²) in [5.74, 6) is 1.44. The van der Waals surface area contributed by atoms with Crippen molar-refractivity contribution < 1.29 is 9.47 Å². The van der Waals surface area contributed by atoms with E-state index in [0.717, 1.165) is 29.2 Å². The van der Waals surface area contributed by atoms with Crippen molar-refractivity contribution in [2.45, 2.75) is 30.3 Å². The van der Waals surface area contributed by atoms with E-state index in [1.165, 1.54) is 0 Å². The van der Waals surface area contributed by atoms with Crippen LogP contribution in [0.2, 0.25) is 0 Å². The second-order valence-electron chi connectivity index (χ2n) is 5.97. The van der Waals surface area contributed by atoms with Gasteiger partial charge in [0, 0.05) is 24.2 Å². The molecule has 2 aromatic rings. The molecular weight excluding hydrogens is 310 g/mol. The van der Waals surface area contributed by atoms with Crippen molar-refractivity contribution in [1.29, 1.82) is 0 Å². The first kappa shape index (κ1) is 16.1. The number of benzene rings is 1. The van der Waals surface area contributed by atoms with Crippen LogP contribution in [0.1, 0.15) is 18.9 Å². The van der Waals surface area contributed by atoms with E-state index in [0.29, 0.717) is 12.5 Å². The average molecular weight is 331 g/mol. The molecule has 0 saturated carbocycles. The summed E-state index contributed by atoms with van der Waals surface area (Å²) in [6.07, 6.45) is 2.84. The molecule has 2 atom stereocenters. The molecule has 3 rings (SSSR count). The van der Waals surface area contributed by atoms with E-state index in [1.807, 2.05) is 24.3 Å². The van der Waals surface area contributed by atoms with Gasteiger partial charge in [0.1, 0.15) is 17.8 Å². The van der Waals surface area contributed by atoms with Gasteiger partial charge in [0.05, 0.1) is 6.61 Å². The third-order valence-electron chi connectivity index (χ3n) is 3.81. The maximum absolute atomic E-state index is 11.6. The molecule has 0 amide bonds. The molecule has 4 nitrogen and oxygen atoms in total. The number of thioether (sulfide) groups is 1. The van der Waals surface area contributed by atoms with Gasteiger partial charge in [-0.15, -0.1) is 0 Å². The molecule has 2 heterocycles. The number of hydrogen-bond donors (Lipinski definition) is 0. The van der Waals surface area contributed by atoms with Crippen LogP contribution >= 0.6 is 11.8 Å². The van der Waals surface area contributed by atoms with E-state index in [-0.39, 0.29) is 11.0 Å². The second-order valence-corrected chi connectivity index (χ2v) is 7.20. The van der Waals surface area contributed by atoms with Crippen LogP contribution in [0, 0.1) is 5.92 Å². The van der Waals surface area contributed by atoms with Gasteiger partial charge in [-0.05, 0) is 42.2 Å². The smallest absolute Gasteiger partial charge is 0.250 e. The first-order chi connectivity index (χ1) is 11.1. The zero-order chi connectivity index (χ0) is 16.2. The predicted molar refractivity (Wildman–Crippen MR) is 91.8 cm³/mol. The summed E-state index contributed by atoms with van der Waals surface area (Å²) in [5, 5.41) is 0. The van der Waals surface area contributed by atoms with Crippen molar-refractivity contribution >= 4 is 11.8 Å². The minimum atomic E-state index is -0.0251. The lowest BCUT2D eigenvalue weighted by Crippen LogP contribution is -2.15. The van der Waals surface area contributed by atoms with Crippen molar-refractivity contribution in [2.24, 2.45) is 13.0 Å². The van der Waals surface area contributed by atoms with E-state index in [2.05, 4.69) is 13.0 Å². The van der Waals surface area contributed by atoms with Crippen LogP contribution in [0.3, 0.4) is 0 Å². The Kier molecular flexibility index (Phi) is 5.08. The monoisotopic (exact) mass is 331 g/mol. The molecule has 0 N–H and O–H groups in total. The largest absolute Gasteiger partial charge is 0.489 e. The number of rotatable bonds is 5. The normalized spacial score (nSPS) is 20.6. The lowest BCUT2D eigenvalue weighted by atomic mass is 10.2. The quantitative estimate of drug-likeness (QED) is 0.841. The van der Waals surface area contributed by atoms with Crippen LogP contribution in [0.5, 0.6) is 5.75 Å². The molecule has 5 heteroatoms. The summed E-state index contributed by atoms with van der Waals surface area (Å²) < 4.78 is 13.1. The number of aryl methyl sites for hydroxylation is 1. The summed E-state index contributed by atoms with van der Waals surface area (Å²) in [7, 11) is 1.74. The lowest BCUT2D eigenvalue weighted by Gasteiger charge is -2.11. The molecule has 0 spiro atoms. The highest BCUT2D eigenvalue weighted by atomic mass is 32.2. The fraction of sp³-hybridized carbons (Fsp3) is 0.389. The molecule has 0 bridgehead atoms. The third kappa shape index (κ3) is 4.39. The number of hydrogen-bond acceptors (Lipinski definition) is 4. The van der Waals surface area contributed by atoms with Crippen molar-refractivity contribution in [1.82, 2.24) is 4.57 Å². The van der Waals surface area contributed by atoms with E-state index in [1.54, 1.807) is 35.6 Å². The first-order valence-electron chi connectivity index (χ1n) is 7.77. The SMILES string of the molecule is C[C@H]1COC(Sc2cccc(OCc3ccn(C)c(=O)c3)c2)C1. The summed E-state index contributed by atoms with van der Waals surface area (Å²) in [4.78, 5) is 12.8. The molecule has 1 aromatic carbocycles. The Bertz CT molecular complexity index is 728. The highest BCUT2D eigenvalue weighted by Crippen LogP contribution is 2.34. The summed E-state index contributed by atoms with van der Waals surface area (Å²) in [5.41, 5.74) is 1.08. The Balaban J connectivity index is 1.61. The summed E-state index contributed by atoms with van der Waals surface area (Å²) in [6.45, 7) is 3.45. The van der Waals surface area contributed by atoms with Gasteiger partial charge in [-0.2, -0.15) is 0 Å². The topological polar surface area (TPSA) is 40.5 Å². The van der Waals surface area contributed by atoms with E-state index >= 15 is 0 Å². The molecule has 1 aromatic heterocycles. The lowest BCUT2D eigenvalue weighted by molar-refractivity contribution is 0.166. The number of ether oxygens (including phenoxy) is 2. The van der Waals surface area contributed by atoms with Crippen LogP contribution in [-0.4, -0.2) is 16.6 Å². The summed E-state index contributed by atoms with van der Waals surface area (Å²) in [6, 6.07) is 11.5. The van der Waals surface area contributed by atoms with E-state index < -0.39 is 0 Å². The number of nitrogens with zero attached hydrogens (tertiary/aromatic N) is 1. The second kappa shape index (κ2) is 7.23. The molecule has 1 aliphatic heterocycles. The zero-order valence-corrected chi connectivity index (χ0v) is 14.2. The van der Waals surface area contributed by atoms with E-state index in [9.17, 15) is 4.79 Å². The fourth-order valence-corrected chi connectivity index (χ4v) is 3.67. The Morgan fingerprint density at radius 1 is 1.35 bits per heavy atom. The highest BCUT2D eigenvalue weighted by Gasteiger charge is 2.22. The van der Waals surface area contributed by atoms with Gasteiger partial charge in [-0.25, -0.2) is 0 Å². The Hall–Kier alpha value is -1.72. The molecule has 23 heavy (non-hydrogen) atoms. The van der Waals surface area contributed by atoms with Crippen LogP contribution in [0.25, 0.3) is 0 Å². The van der Waals surface area contributed by atoms with Gasteiger partial charge in [-0.3, -0.25) is 4.79 Å². The maximum Gasteiger partial charge on any atom is 0.250 e. The van der Waals surface area contributed by atoms with Gasteiger partial charge in [0.25, 0.3) is 5.56 Å². The fourth-order valence-electron chi connectivity index (χ4n) is 2.45. The highest BCUT2D eigenvalue weighted by molar-refractivity contribution is 7.99. The van der Waals surface area contributed by atoms with Crippen LogP contribution < -0.4 is 10.3 Å². The Morgan fingerprint density at radius 2 is 2.22 bits per heavy atom. The van der Waals surface area contributed by atoms with Crippen molar-refractivity contribution in [3.8, 4) is 5.75 Å². The average Bonchev–Trinajstić information content (AvgIpc) is 2.94.